The van der Waals surface area contributed by atoms with Gasteiger partial charge in [0.15, 0.2) is 5.13 Å². The van der Waals surface area contributed by atoms with Crippen molar-refractivity contribution in [1.29, 1.82) is 0 Å². The zero-order chi connectivity index (χ0) is 17.9. The fourth-order valence-electron chi connectivity index (χ4n) is 1.90. The van der Waals surface area contributed by atoms with Crippen LogP contribution in [0.25, 0.3) is 10.6 Å². The molecule has 0 aromatic carbocycles. The highest BCUT2D eigenvalue weighted by molar-refractivity contribution is 7.17. The van der Waals surface area contributed by atoms with Gasteiger partial charge in [-0.25, -0.2) is 4.98 Å². The van der Waals surface area contributed by atoms with E-state index in [9.17, 15) is 22.8 Å². The smallest absolute Gasteiger partial charge is 0.471 e. The molecule has 0 saturated heterocycles. The number of thiazole rings is 1. The van der Waals surface area contributed by atoms with E-state index >= 15 is 0 Å². The Balaban J connectivity index is 2.24. The van der Waals surface area contributed by atoms with Crippen LogP contribution < -0.4 is 4.90 Å². The van der Waals surface area contributed by atoms with E-state index in [1.807, 2.05) is 13.0 Å². The number of hydrogen-bond acceptors (Lipinski definition) is 5. The third kappa shape index (κ3) is 4.54. The molecule has 0 aliphatic carbocycles. The molecule has 0 fully saturated rings. The second kappa shape index (κ2) is 7.31. The number of carboxylic acids is 1. The summed E-state index contributed by atoms with van der Waals surface area (Å²) < 4.78 is 38.3. The van der Waals surface area contributed by atoms with Crippen molar-refractivity contribution in [2.45, 2.75) is 25.9 Å². The molecular weight excluding hydrogens is 365 g/mol. The molecule has 0 atom stereocenters. The lowest BCUT2D eigenvalue weighted by Crippen LogP contribution is -2.42. The Morgan fingerprint density at radius 2 is 2.04 bits per heavy atom. The molecule has 24 heavy (non-hydrogen) atoms. The summed E-state index contributed by atoms with van der Waals surface area (Å²) in [5.41, 5.74) is 0.492. The molecule has 0 aliphatic rings. The van der Waals surface area contributed by atoms with Gasteiger partial charge in [-0.3, -0.25) is 14.5 Å². The lowest BCUT2D eigenvalue weighted by atomic mass is 10.3. The second-order valence-corrected chi connectivity index (χ2v) is 7.00. The van der Waals surface area contributed by atoms with Crippen molar-refractivity contribution in [3.63, 3.8) is 0 Å². The van der Waals surface area contributed by atoms with Crippen LogP contribution in [0.15, 0.2) is 17.5 Å². The van der Waals surface area contributed by atoms with Gasteiger partial charge in [0.2, 0.25) is 0 Å². The van der Waals surface area contributed by atoms with Gasteiger partial charge in [0.05, 0.1) is 10.6 Å². The number of anilines is 1. The van der Waals surface area contributed by atoms with Crippen molar-refractivity contribution < 1.29 is 27.9 Å². The zero-order valence-electron chi connectivity index (χ0n) is 12.5. The maximum absolute atomic E-state index is 12.8. The summed E-state index contributed by atoms with van der Waals surface area (Å²) in [6.45, 7) is 1.54. The van der Waals surface area contributed by atoms with Gasteiger partial charge in [-0.05, 0) is 25.5 Å². The molecule has 0 aliphatic heterocycles. The second-order valence-electron chi connectivity index (χ2n) is 4.88. The third-order valence-corrected chi connectivity index (χ3v) is 4.86. The third-order valence-electron chi connectivity index (χ3n) is 2.98. The summed E-state index contributed by atoms with van der Waals surface area (Å²) in [5, 5.41) is 10.1. The maximum Gasteiger partial charge on any atom is 0.471 e. The molecule has 2 rings (SSSR count). The van der Waals surface area contributed by atoms with E-state index in [-0.39, 0.29) is 24.5 Å². The average molecular weight is 378 g/mol. The van der Waals surface area contributed by atoms with E-state index < -0.39 is 18.1 Å². The van der Waals surface area contributed by atoms with Crippen molar-refractivity contribution in [2.75, 3.05) is 11.4 Å². The highest BCUT2D eigenvalue weighted by Gasteiger charge is 2.43. The molecule has 0 radical (unpaired) electrons. The molecule has 1 amide bonds. The molecule has 0 saturated carbocycles. The molecule has 0 unspecified atom stereocenters. The van der Waals surface area contributed by atoms with E-state index in [0.29, 0.717) is 10.6 Å². The number of carbonyl (C=O) groups excluding carboxylic acids is 1. The number of rotatable bonds is 6. The summed E-state index contributed by atoms with van der Waals surface area (Å²) in [6, 6.07) is 3.67. The summed E-state index contributed by atoms with van der Waals surface area (Å²) in [5.74, 6) is -3.18. The molecular formula is C14H13F3N2O3S2. The van der Waals surface area contributed by atoms with Crippen LogP contribution >= 0.6 is 22.7 Å². The number of amides is 1. The minimum atomic E-state index is -5.05. The first-order valence-electron chi connectivity index (χ1n) is 6.81. The van der Waals surface area contributed by atoms with Crippen LogP contribution in [0.5, 0.6) is 0 Å². The molecule has 2 aromatic rings. The topological polar surface area (TPSA) is 70.5 Å². The fourth-order valence-corrected chi connectivity index (χ4v) is 3.65. The predicted octanol–water partition coefficient (Wildman–Crippen LogP) is 3.94. The number of nitrogens with zero attached hydrogens (tertiary/aromatic N) is 2. The van der Waals surface area contributed by atoms with Crippen LogP contribution in [0.1, 0.15) is 17.7 Å². The Labute approximate surface area is 143 Å². The summed E-state index contributed by atoms with van der Waals surface area (Å²) in [6.07, 6.45) is -5.47. The van der Waals surface area contributed by atoms with Crippen LogP contribution in [0.2, 0.25) is 0 Å². The minimum Gasteiger partial charge on any atom is -0.481 e. The Kier molecular flexibility index (Phi) is 5.60. The van der Waals surface area contributed by atoms with Crippen LogP contribution in [0.3, 0.4) is 0 Å². The molecule has 10 heteroatoms. The highest BCUT2D eigenvalue weighted by atomic mass is 32.1. The lowest BCUT2D eigenvalue weighted by molar-refractivity contribution is -0.170. The SMILES string of the molecule is Cc1ccc(-c2csc(N(CCCC(=O)O)C(=O)C(F)(F)F)n2)s1. The van der Waals surface area contributed by atoms with E-state index in [4.69, 9.17) is 5.11 Å². The molecule has 2 aromatic heterocycles. The quantitative estimate of drug-likeness (QED) is 0.827. The van der Waals surface area contributed by atoms with E-state index in [1.54, 1.807) is 11.4 Å². The molecule has 0 bridgehead atoms. The lowest BCUT2D eigenvalue weighted by Gasteiger charge is -2.20. The summed E-state index contributed by atoms with van der Waals surface area (Å²) >= 11 is 2.36. The Morgan fingerprint density at radius 1 is 1.33 bits per heavy atom. The van der Waals surface area contributed by atoms with Gasteiger partial charge in [-0.2, -0.15) is 13.2 Å². The zero-order valence-corrected chi connectivity index (χ0v) is 14.1. The first-order valence-corrected chi connectivity index (χ1v) is 8.51. The molecule has 130 valence electrons. The van der Waals surface area contributed by atoms with Crippen molar-refractivity contribution in [3.05, 3.63) is 22.4 Å². The van der Waals surface area contributed by atoms with Crippen LogP contribution in [0.4, 0.5) is 18.3 Å². The number of alkyl halides is 3. The van der Waals surface area contributed by atoms with E-state index in [1.165, 1.54) is 11.3 Å². The molecule has 5 nitrogen and oxygen atoms in total. The van der Waals surface area contributed by atoms with E-state index in [2.05, 4.69) is 4.98 Å². The standard InChI is InChI=1S/C14H13F3N2O3S2/c1-8-4-5-10(24-8)9-7-23-13(18-9)19(6-2-3-11(20)21)12(22)14(15,16)17/h4-5,7H,2-3,6H2,1H3,(H,20,21). The number of aromatic nitrogens is 1. The van der Waals surface area contributed by atoms with Crippen LogP contribution in [-0.4, -0.2) is 34.7 Å². The van der Waals surface area contributed by atoms with Gasteiger partial charge in [0, 0.05) is 23.2 Å². The van der Waals surface area contributed by atoms with Gasteiger partial charge in [-0.15, -0.1) is 22.7 Å². The first kappa shape index (κ1) is 18.4. The monoisotopic (exact) mass is 378 g/mol. The van der Waals surface area contributed by atoms with Crippen molar-refractivity contribution in [1.82, 2.24) is 4.98 Å². The normalized spacial score (nSPS) is 11.5. The van der Waals surface area contributed by atoms with Gasteiger partial charge in [0.25, 0.3) is 0 Å². The number of carboxylic acid groups (broad SMARTS) is 1. The molecule has 1 N–H and O–H groups in total. The van der Waals surface area contributed by atoms with Crippen LogP contribution in [-0.2, 0) is 9.59 Å². The van der Waals surface area contributed by atoms with Crippen molar-refractivity contribution in [2.24, 2.45) is 0 Å². The molecule has 2 heterocycles. The number of thiophene rings is 1. The number of halogens is 3. The number of carbonyl (C=O) groups is 2. The van der Waals surface area contributed by atoms with Crippen molar-refractivity contribution >= 4 is 39.7 Å². The summed E-state index contributed by atoms with van der Waals surface area (Å²) in [4.78, 5) is 28.6. The maximum atomic E-state index is 12.8. The Hall–Kier alpha value is -1.94. The highest BCUT2D eigenvalue weighted by Crippen LogP contribution is 2.33. The van der Waals surface area contributed by atoms with Gasteiger partial charge < -0.3 is 5.11 Å². The molecule has 0 spiro atoms. The number of aryl methyl sites for hydroxylation is 1. The van der Waals surface area contributed by atoms with Gasteiger partial charge >= 0.3 is 18.1 Å². The van der Waals surface area contributed by atoms with Crippen LogP contribution in [0, 0.1) is 6.92 Å². The predicted molar refractivity (Wildman–Crippen MR) is 85.4 cm³/mol. The Morgan fingerprint density at radius 3 is 2.58 bits per heavy atom. The Bertz CT molecular complexity index is 740. The first-order chi connectivity index (χ1) is 11.2. The minimum absolute atomic E-state index is 0.0931. The van der Waals surface area contributed by atoms with Gasteiger partial charge in [0.1, 0.15) is 0 Å². The largest absolute Gasteiger partial charge is 0.481 e. The van der Waals surface area contributed by atoms with Crippen molar-refractivity contribution in [3.8, 4) is 10.6 Å². The summed E-state index contributed by atoms with van der Waals surface area (Å²) in [7, 11) is 0. The van der Waals surface area contributed by atoms with E-state index in [0.717, 1.165) is 21.1 Å². The average Bonchev–Trinajstić information content (AvgIpc) is 3.10. The number of hydrogen-bond donors (Lipinski definition) is 1. The number of aliphatic carboxylic acids is 1. The van der Waals surface area contributed by atoms with Gasteiger partial charge in [-0.1, -0.05) is 0 Å². The fraction of sp³-hybridized carbons (Fsp3) is 0.357.